The van der Waals surface area contributed by atoms with Crippen LogP contribution >= 0.6 is 11.3 Å². The van der Waals surface area contributed by atoms with Crippen molar-refractivity contribution in [3.8, 4) is 17.3 Å². The monoisotopic (exact) mass is 203 g/mol. The summed E-state index contributed by atoms with van der Waals surface area (Å²) < 4.78 is 0. The minimum atomic E-state index is 0.542. The summed E-state index contributed by atoms with van der Waals surface area (Å²) in [4.78, 5) is 7.43. The number of hydrogen-bond donors (Lipinski definition) is 1. The van der Waals surface area contributed by atoms with E-state index in [1.54, 1.807) is 11.3 Å². The number of H-pyrrole nitrogens is 1. The zero-order chi connectivity index (χ0) is 9.80. The van der Waals surface area contributed by atoms with Crippen LogP contribution in [0.25, 0.3) is 11.3 Å². The molecule has 0 atom stereocenters. The number of aryl methyl sites for hydroxylation is 1. The first-order valence-corrected chi connectivity index (χ1v) is 5.22. The number of rotatable bonds is 3. The Balaban J connectivity index is 2.15. The molecule has 0 amide bonds. The van der Waals surface area contributed by atoms with E-state index >= 15 is 0 Å². The Morgan fingerprint density at radius 2 is 2.50 bits per heavy atom. The van der Waals surface area contributed by atoms with Crippen LogP contribution in [0.15, 0.2) is 23.8 Å². The average molecular weight is 203 g/mol. The molecule has 2 heterocycles. The summed E-state index contributed by atoms with van der Waals surface area (Å²) in [7, 11) is 0. The normalized spacial score (nSPS) is 9.93. The molecule has 0 unspecified atom stereocenters. The SMILES string of the molecule is N#CCCc1nc(-c2cc[nH]c2)cs1. The van der Waals surface area contributed by atoms with Crippen LogP contribution in [-0.4, -0.2) is 9.97 Å². The Hall–Kier alpha value is -1.60. The van der Waals surface area contributed by atoms with E-state index in [0.717, 1.165) is 22.7 Å². The lowest BCUT2D eigenvalue weighted by Gasteiger charge is -1.88. The number of nitrogens with zero attached hydrogens (tertiary/aromatic N) is 2. The smallest absolute Gasteiger partial charge is 0.0942 e. The van der Waals surface area contributed by atoms with Crippen LogP contribution in [0.4, 0.5) is 0 Å². The molecule has 4 heteroatoms. The Morgan fingerprint density at radius 3 is 3.21 bits per heavy atom. The maximum atomic E-state index is 8.44. The molecule has 0 aliphatic rings. The van der Waals surface area contributed by atoms with Gasteiger partial charge in [-0.3, -0.25) is 0 Å². The van der Waals surface area contributed by atoms with Crippen LogP contribution in [-0.2, 0) is 6.42 Å². The molecule has 14 heavy (non-hydrogen) atoms. The highest BCUT2D eigenvalue weighted by molar-refractivity contribution is 7.09. The van der Waals surface area contributed by atoms with E-state index in [4.69, 9.17) is 5.26 Å². The van der Waals surface area contributed by atoms with Crippen LogP contribution in [0.3, 0.4) is 0 Å². The Labute approximate surface area is 86.0 Å². The third kappa shape index (κ3) is 1.83. The van der Waals surface area contributed by atoms with Gasteiger partial charge in [-0.1, -0.05) is 0 Å². The number of nitrogens with one attached hydrogen (secondary N) is 1. The molecule has 2 rings (SSSR count). The molecule has 2 aromatic heterocycles. The van der Waals surface area contributed by atoms with Crippen molar-refractivity contribution >= 4 is 11.3 Å². The Kier molecular flexibility index (Phi) is 2.61. The number of hydrogen-bond acceptors (Lipinski definition) is 3. The van der Waals surface area contributed by atoms with Gasteiger partial charge in [-0.05, 0) is 6.07 Å². The standard InChI is InChI=1S/C10H9N3S/c11-4-1-2-10-13-9(7-14-10)8-3-5-12-6-8/h3,5-7,12H,1-2H2. The first-order valence-electron chi connectivity index (χ1n) is 4.34. The van der Waals surface area contributed by atoms with E-state index in [1.165, 1.54) is 0 Å². The topological polar surface area (TPSA) is 52.5 Å². The van der Waals surface area contributed by atoms with E-state index in [9.17, 15) is 0 Å². The van der Waals surface area contributed by atoms with Crippen molar-refractivity contribution in [1.82, 2.24) is 9.97 Å². The molecule has 0 aromatic carbocycles. The fourth-order valence-electron chi connectivity index (χ4n) is 1.20. The van der Waals surface area contributed by atoms with Crippen molar-refractivity contribution in [2.45, 2.75) is 12.8 Å². The van der Waals surface area contributed by atoms with Gasteiger partial charge >= 0.3 is 0 Å². The molecular weight excluding hydrogens is 194 g/mol. The Bertz CT molecular complexity index is 436. The number of aromatic amines is 1. The molecule has 0 fully saturated rings. The first kappa shape index (κ1) is 8.97. The fourth-order valence-corrected chi connectivity index (χ4v) is 2.01. The minimum Gasteiger partial charge on any atom is -0.367 e. The fraction of sp³-hybridized carbons (Fsp3) is 0.200. The third-order valence-corrected chi connectivity index (χ3v) is 2.80. The van der Waals surface area contributed by atoms with Crippen LogP contribution in [0.5, 0.6) is 0 Å². The number of aromatic nitrogens is 2. The van der Waals surface area contributed by atoms with Gasteiger partial charge in [-0.25, -0.2) is 4.98 Å². The molecule has 70 valence electrons. The van der Waals surface area contributed by atoms with Crippen molar-refractivity contribution < 1.29 is 0 Å². The molecule has 3 nitrogen and oxygen atoms in total. The maximum Gasteiger partial charge on any atom is 0.0942 e. The third-order valence-electron chi connectivity index (χ3n) is 1.90. The van der Waals surface area contributed by atoms with Crippen LogP contribution < -0.4 is 0 Å². The van der Waals surface area contributed by atoms with E-state index < -0.39 is 0 Å². The molecule has 0 spiro atoms. The van der Waals surface area contributed by atoms with Gasteiger partial charge in [0.2, 0.25) is 0 Å². The first-order chi connectivity index (χ1) is 6.90. The van der Waals surface area contributed by atoms with E-state index in [-0.39, 0.29) is 0 Å². The van der Waals surface area contributed by atoms with Gasteiger partial charge in [0.1, 0.15) is 0 Å². The molecule has 1 N–H and O–H groups in total. The van der Waals surface area contributed by atoms with Crippen molar-refractivity contribution in [2.75, 3.05) is 0 Å². The number of nitriles is 1. The van der Waals surface area contributed by atoms with Crippen LogP contribution in [0.2, 0.25) is 0 Å². The summed E-state index contributed by atoms with van der Waals surface area (Å²) in [5.41, 5.74) is 2.09. The quantitative estimate of drug-likeness (QED) is 0.833. The van der Waals surface area contributed by atoms with Crippen LogP contribution in [0, 0.1) is 11.3 Å². The molecule has 0 aliphatic carbocycles. The highest BCUT2D eigenvalue weighted by atomic mass is 32.1. The summed E-state index contributed by atoms with van der Waals surface area (Å²) in [6.45, 7) is 0. The second kappa shape index (κ2) is 4.07. The molecule has 0 bridgehead atoms. The summed E-state index contributed by atoms with van der Waals surface area (Å²) >= 11 is 1.61. The molecule has 0 saturated heterocycles. The second-order valence-electron chi connectivity index (χ2n) is 2.88. The Morgan fingerprint density at radius 1 is 1.57 bits per heavy atom. The lowest BCUT2D eigenvalue weighted by atomic mass is 10.3. The van der Waals surface area contributed by atoms with Gasteiger partial charge in [0, 0.05) is 36.2 Å². The van der Waals surface area contributed by atoms with E-state index in [1.807, 2.05) is 23.8 Å². The van der Waals surface area contributed by atoms with Crippen molar-refractivity contribution in [3.63, 3.8) is 0 Å². The number of thiazole rings is 1. The maximum absolute atomic E-state index is 8.44. The van der Waals surface area contributed by atoms with E-state index in [0.29, 0.717) is 6.42 Å². The highest BCUT2D eigenvalue weighted by Crippen LogP contribution is 2.21. The van der Waals surface area contributed by atoms with Gasteiger partial charge in [0.15, 0.2) is 0 Å². The van der Waals surface area contributed by atoms with Gasteiger partial charge in [-0.15, -0.1) is 11.3 Å². The molecule has 0 aliphatic heterocycles. The summed E-state index contributed by atoms with van der Waals surface area (Å²) in [5, 5.41) is 11.5. The highest BCUT2D eigenvalue weighted by Gasteiger charge is 2.03. The molecule has 2 aromatic rings. The van der Waals surface area contributed by atoms with Crippen molar-refractivity contribution in [1.29, 1.82) is 5.26 Å². The van der Waals surface area contributed by atoms with Gasteiger partial charge in [0.25, 0.3) is 0 Å². The van der Waals surface area contributed by atoms with Gasteiger partial charge < -0.3 is 4.98 Å². The minimum absolute atomic E-state index is 0.542. The lowest BCUT2D eigenvalue weighted by Crippen LogP contribution is -1.81. The zero-order valence-corrected chi connectivity index (χ0v) is 8.34. The lowest BCUT2D eigenvalue weighted by molar-refractivity contribution is 0.991. The summed E-state index contributed by atoms with van der Waals surface area (Å²) in [5.74, 6) is 0. The zero-order valence-electron chi connectivity index (χ0n) is 7.53. The predicted octanol–water partition coefficient (Wildman–Crippen LogP) is 2.59. The van der Waals surface area contributed by atoms with Crippen LogP contribution in [0.1, 0.15) is 11.4 Å². The molecule has 0 saturated carbocycles. The molecule has 0 radical (unpaired) electrons. The molecular formula is C10H9N3S. The van der Waals surface area contributed by atoms with Gasteiger partial charge in [0.05, 0.1) is 16.8 Å². The average Bonchev–Trinajstić information content (AvgIpc) is 2.85. The predicted molar refractivity (Wildman–Crippen MR) is 55.8 cm³/mol. The van der Waals surface area contributed by atoms with Crippen molar-refractivity contribution in [2.24, 2.45) is 0 Å². The summed E-state index contributed by atoms with van der Waals surface area (Å²) in [6, 6.07) is 4.11. The van der Waals surface area contributed by atoms with Crippen molar-refractivity contribution in [3.05, 3.63) is 28.8 Å². The largest absolute Gasteiger partial charge is 0.367 e. The summed E-state index contributed by atoms with van der Waals surface area (Å²) in [6.07, 6.45) is 5.10. The van der Waals surface area contributed by atoms with Gasteiger partial charge in [-0.2, -0.15) is 5.26 Å². The van der Waals surface area contributed by atoms with E-state index in [2.05, 4.69) is 16.0 Å². The second-order valence-corrected chi connectivity index (χ2v) is 3.83.